The number of rotatable bonds is 4. The molecule has 1 unspecified atom stereocenters. The standard InChI is InChI=1S/C14H20F2N2O3/c1-14(2,3)21-13(19)18-9-6-5-8(7-10(9)20-4)11(17)12(15)16/h5-7,11-12H,17H2,1-4H3,(H,18,19). The molecule has 0 bridgehead atoms. The minimum absolute atomic E-state index is 0.219. The first-order valence-corrected chi connectivity index (χ1v) is 6.35. The van der Waals surface area contributed by atoms with Crippen LogP contribution in [0.4, 0.5) is 19.3 Å². The van der Waals surface area contributed by atoms with Crippen molar-refractivity contribution in [1.29, 1.82) is 0 Å². The summed E-state index contributed by atoms with van der Waals surface area (Å²) in [6.45, 7) is 5.19. The van der Waals surface area contributed by atoms with E-state index in [1.54, 1.807) is 20.8 Å². The number of anilines is 1. The van der Waals surface area contributed by atoms with Gasteiger partial charge in [0.25, 0.3) is 6.43 Å². The molecular weight excluding hydrogens is 282 g/mol. The van der Waals surface area contributed by atoms with Gasteiger partial charge in [-0.15, -0.1) is 0 Å². The van der Waals surface area contributed by atoms with E-state index >= 15 is 0 Å². The summed E-state index contributed by atoms with van der Waals surface area (Å²) in [6, 6.07) is 2.81. The van der Waals surface area contributed by atoms with Crippen molar-refractivity contribution in [1.82, 2.24) is 0 Å². The minimum atomic E-state index is -2.68. The number of alkyl halides is 2. The van der Waals surface area contributed by atoms with Crippen LogP contribution in [0.15, 0.2) is 18.2 Å². The summed E-state index contributed by atoms with van der Waals surface area (Å²) >= 11 is 0. The third-order valence-electron chi connectivity index (χ3n) is 2.52. The molecule has 0 saturated heterocycles. The van der Waals surface area contributed by atoms with Crippen molar-refractivity contribution in [3.63, 3.8) is 0 Å². The monoisotopic (exact) mass is 302 g/mol. The Bertz CT molecular complexity index is 501. The zero-order valence-electron chi connectivity index (χ0n) is 12.4. The van der Waals surface area contributed by atoms with Crippen molar-refractivity contribution < 1.29 is 23.0 Å². The molecule has 3 N–H and O–H groups in total. The van der Waals surface area contributed by atoms with Gasteiger partial charge in [-0.05, 0) is 38.5 Å². The van der Waals surface area contributed by atoms with E-state index in [0.717, 1.165) is 0 Å². The summed E-state index contributed by atoms with van der Waals surface area (Å²) in [5.41, 5.74) is 5.27. The Morgan fingerprint density at radius 2 is 1.95 bits per heavy atom. The van der Waals surface area contributed by atoms with Crippen molar-refractivity contribution in [2.75, 3.05) is 12.4 Å². The van der Waals surface area contributed by atoms with E-state index in [9.17, 15) is 13.6 Å². The van der Waals surface area contributed by atoms with Crippen LogP contribution in [0, 0.1) is 0 Å². The van der Waals surface area contributed by atoms with Gasteiger partial charge >= 0.3 is 6.09 Å². The Morgan fingerprint density at radius 3 is 2.43 bits per heavy atom. The zero-order chi connectivity index (χ0) is 16.2. The highest BCUT2D eigenvalue weighted by atomic mass is 19.3. The van der Waals surface area contributed by atoms with Crippen LogP contribution in [0.5, 0.6) is 5.75 Å². The van der Waals surface area contributed by atoms with Crippen LogP contribution in [0.2, 0.25) is 0 Å². The lowest BCUT2D eigenvalue weighted by Crippen LogP contribution is -2.27. The molecule has 0 aliphatic carbocycles. The molecule has 1 amide bonds. The molecular formula is C14H20F2N2O3. The average molecular weight is 302 g/mol. The molecule has 0 aliphatic heterocycles. The molecule has 5 nitrogen and oxygen atoms in total. The first kappa shape index (κ1) is 17.2. The number of nitrogens with two attached hydrogens (primary N) is 1. The van der Waals surface area contributed by atoms with E-state index in [1.165, 1.54) is 25.3 Å². The van der Waals surface area contributed by atoms with Crippen LogP contribution in [-0.2, 0) is 4.74 Å². The summed E-state index contributed by atoms with van der Waals surface area (Å²) in [5.74, 6) is 0.231. The van der Waals surface area contributed by atoms with Crippen LogP contribution < -0.4 is 15.8 Å². The number of nitrogens with one attached hydrogen (secondary N) is 1. The first-order chi connectivity index (χ1) is 9.64. The van der Waals surface area contributed by atoms with Gasteiger partial charge in [-0.2, -0.15) is 0 Å². The van der Waals surface area contributed by atoms with Crippen molar-refractivity contribution in [2.45, 2.75) is 38.8 Å². The first-order valence-electron chi connectivity index (χ1n) is 6.35. The average Bonchev–Trinajstić information content (AvgIpc) is 2.35. The fourth-order valence-electron chi connectivity index (χ4n) is 1.58. The van der Waals surface area contributed by atoms with Crippen LogP contribution in [-0.4, -0.2) is 25.2 Å². The van der Waals surface area contributed by atoms with Crippen molar-refractivity contribution >= 4 is 11.8 Å². The fraction of sp³-hybridized carbons (Fsp3) is 0.500. The maximum Gasteiger partial charge on any atom is 0.412 e. The van der Waals surface area contributed by atoms with E-state index in [-0.39, 0.29) is 11.3 Å². The van der Waals surface area contributed by atoms with Gasteiger partial charge in [0.15, 0.2) is 0 Å². The largest absolute Gasteiger partial charge is 0.495 e. The predicted molar refractivity (Wildman–Crippen MR) is 75.8 cm³/mol. The topological polar surface area (TPSA) is 73.6 Å². The summed E-state index contributed by atoms with van der Waals surface area (Å²) in [6.07, 6.45) is -3.34. The van der Waals surface area contributed by atoms with Crippen LogP contribution >= 0.6 is 0 Å². The highest BCUT2D eigenvalue weighted by Gasteiger charge is 2.21. The van der Waals surface area contributed by atoms with Gasteiger partial charge in [0.05, 0.1) is 18.8 Å². The van der Waals surface area contributed by atoms with Gasteiger partial charge < -0.3 is 15.2 Å². The molecule has 118 valence electrons. The Labute approximate surface area is 122 Å². The lowest BCUT2D eigenvalue weighted by Gasteiger charge is -2.20. The van der Waals surface area contributed by atoms with Crippen molar-refractivity contribution in [3.8, 4) is 5.75 Å². The van der Waals surface area contributed by atoms with Gasteiger partial charge in [0.1, 0.15) is 11.4 Å². The molecule has 0 fully saturated rings. The maximum absolute atomic E-state index is 12.6. The van der Waals surface area contributed by atoms with Gasteiger partial charge in [-0.3, -0.25) is 5.32 Å². The number of carbonyl (C=O) groups is 1. The van der Waals surface area contributed by atoms with E-state index in [4.69, 9.17) is 15.2 Å². The summed E-state index contributed by atoms with van der Waals surface area (Å²) in [5, 5.41) is 2.50. The van der Waals surface area contributed by atoms with Crippen LogP contribution in [0.25, 0.3) is 0 Å². The summed E-state index contributed by atoms with van der Waals surface area (Å²) < 4.78 is 35.4. The van der Waals surface area contributed by atoms with Crippen molar-refractivity contribution in [3.05, 3.63) is 23.8 Å². The lowest BCUT2D eigenvalue weighted by molar-refractivity contribution is 0.0635. The molecule has 1 atom stereocenters. The maximum atomic E-state index is 12.6. The molecule has 7 heteroatoms. The molecule has 0 aliphatic rings. The number of benzene rings is 1. The molecule has 0 spiro atoms. The second kappa shape index (κ2) is 6.71. The van der Waals surface area contributed by atoms with Gasteiger partial charge in [-0.1, -0.05) is 6.07 Å². The number of amides is 1. The molecule has 21 heavy (non-hydrogen) atoms. The Hall–Kier alpha value is -1.89. The van der Waals surface area contributed by atoms with E-state index in [2.05, 4.69) is 5.32 Å². The molecule has 0 heterocycles. The number of carbonyl (C=O) groups excluding carboxylic acids is 1. The number of methoxy groups -OCH3 is 1. The number of hydrogen-bond acceptors (Lipinski definition) is 4. The lowest BCUT2D eigenvalue weighted by atomic mass is 10.1. The normalized spacial score (nSPS) is 13.0. The SMILES string of the molecule is COc1cc(C(N)C(F)F)ccc1NC(=O)OC(C)(C)C. The number of hydrogen-bond donors (Lipinski definition) is 2. The minimum Gasteiger partial charge on any atom is -0.495 e. The van der Waals surface area contributed by atoms with Crippen molar-refractivity contribution in [2.24, 2.45) is 5.73 Å². The molecule has 0 radical (unpaired) electrons. The molecule has 0 saturated carbocycles. The molecule has 0 aromatic heterocycles. The van der Waals surface area contributed by atoms with Crippen LogP contribution in [0.1, 0.15) is 32.4 Å². The zero-order valence-corrected chi connectivity index (χ0v) is 12.4. The third kappa shape index (κ3) is 5.18. The quantitative estimate of drug-likeness (QED) is 0.895. The summed E-state index contributed by atoms with van der Waals surface area (Å²) in [7, 11) is 1.37. The van der Waals surface area contributed by atoms with Gasteiger partial charge in [0, 0.05) is 0 Å². The van der Waals surface area contributed by atoms with E-state index < -0.39 is 24.2 Å². The number of halogens is 2. The van der Waals surface area contributed by atoms with E-state index in [1.807, 2.05) is 0 Å². The highest BCUT2D eigenvalue weighted by Crippen LogP contribution is 2.29. The molecule has 1 aromatic carbocycles. The second-order valence-electron chi connectivity index (χ2n) is 5.45. The Morgan fingerprint density at radius 1 is 1.33 bits per heavy atom. The van der Waals surface area contributed by atoms with Gasteiger partial charge in [-0.25, -0.2) is 13.6 Å². The third-order valence-corrected chi connectivity index (χ3v) is 2.52. The fourth-order valence-corrected chi connectivity index (χ4v) is 1.58. The predicted octanol–water partition coefficient (Wildman–Crippen LogP) is 3.31. The second-order valence-corrected chi connectivity index (χ2v) is 5.45. The molecule has 1 aromatic rings. The van der Waals surface area contributed by atoms with E-state index in [0.29, 0.717) is 5.69 Å². The Kier molecular flexibility index (Phi) is 5.48. The highest BCUT2D eigenvalue weighted by molar-refractivity contribution is 5.87. The molecule has 1 rings (SSSR count). The smallest absolute Gasteiger partial charge is 0.412 e. The summed E-state index contributed by atoms with van der Waals surface area (Å²) in [4.78, 5) is 11.7. The van der Waals surface area contributed by atoms with Gasteiger partial charge in [0.2, 0.25) is 0 Å². The number of ether oxygens (including phenoxy) is 2. The van der Waals surface area contributed by atoms with Crippen LogP contribution in [0.3, 0.4) is 0 Å². The Balaban J connectivity index is 2.92.